The zero-order valence-corrected chi connectivity index (χ0v) is 20.6. The molecule has 0 bridgehead atoms. The van der Waals surface area contributed by atoms with Gasteiger partial charge in [-0.15, -0.1) is 0 Å². The van der Waals surface area contributed by atoms with E-state index in [0.29, 0.717) is 46.1 Å². The van der Waals surface area contributed by atoms with Gasteiger partial charge in [-0.1, -0.05) is 61.6 Å². The molecule has 5 nitrogen and oxygen atoms in total. The molecule has 0 fully saturated rings. The molecule has 0 N–H and O–H groups in total. The maximum absolute atomic E-state index is 13.2. The minimum Gasteiger partial charge on any atom is -0.492 e. The highest BCUT2D eigenvalue weighted by molar-refractivity contribution is 9.10. The molecule has 0 radical (unpaired) electrons. The lowest BCUT2D eigenvalue weighted by atomic mass is 9.99. The Morgan fingerprint density at radius 2 is 2.00 bits per heavy atom. The molecular formula is C24H27BrClN3O2. The maximum Gasteiger partial charge on any atom is 0.282 e. The van der Waals surface area contributed by atoms with Gasteiger partial charge < -0.3 is 4.74 Å². The molecular weight excluding hydrogens is 478 g/mol. The summed E-state index contributed by atoms with van der Waals surface area (Å²) >= 11 is 9.64. The summed E-state index contributed by atoms with van der Waals surface area (Å²) in [6, 6.07) is 10.9. The number of rotatable bonds is 7. The molecule has 0 saturated heterocycles. The third-order valence-corrected chi connectivity index (χ3v) is 5.30. The summed E-state index contributed by atoms with van der Waals surface area (Å²) in [5.74, 6) is 1.31. The van der Waals surface area contributed by atoms with E-state index in [2.05, 4.69) is 48.7 Å². The third kappa shape index (κ3) is 6.17. The van der Waals surface area contributed by atoms with Crippen molar-refractivity contribution in [3.63, 3.8) is 0 Å². The van der Waals surface area contributed by atoms with Crippen LogP contribution in [-0.4, -0.2) is 22.5 Å². The first-order chi connectivity index (χ1) is 14.7. The number of benzene rings is 2. The normalized spacial score (nSPS) is 12.1. The van der Waals surface area contributed by atoms with E-state index in [0.717, 1.165) is 17.3 Å². The lowest BCUT2D eigenvalue weighted by Crippen LogP contribution is -2.22. The van der Waals surface area contributed by atoms with E-state index in [1.807, 2.05) is 18.2 Å². The van der Waals surface area contributed by atoms with Crippen molar-refractivity contribution in [1.82, 2.24) is 9.66 Å². The number of aromatic nitrogens is 2. The molecule has 3 rings (SSSR count). The number of aryl methyl sites for hydroxylation is 1. The number of halogens is 2. The van der Waals surface area contributed by atoms with Crippen LogP contribution in [0.2, 0.25) is 5.02 Å². The van der Waals surface area contributed by atoms with Crippen molar-refractivity contribution >= 4 is 44.6 Å². The fraction of sp³-hybridized carbons (Fsp3) is 0.375. The minimum atomic E-state index is -0.201. The van der Waals surface area contributed by atoms with E-state index >= 15 is 0 Å². The first-order valence-electron chi connectivity index (χ1n) is 10.4. The highest BCUT2D eigenvalue weighted by atomic mass is 79.9. The molecule has 0 saturated carbocycles. The molecule has 0 aliphatic rings. The first kappa shape index (κ1) is 23.5. The van der Waals surface area contributed by atoms with E-state index < -0.39 is 0 Å². The molecule has 1 aromatic heterocycles. The van der Waals surface area contributed by atoms with Gasteiger partial charge in [0.25, 0.3) is 5.56 Å². The minimum absolute atomic E-state index is 0.00790. The van der Waals surface area contributed by atoms with Gasteiger partial charge in [-0.2, -0.15) is 9.78 Å². The van der Waals surface area contributed by atoms with E-state index in [-0.39, 0.29) is 11.0 Å². The van der Waals surface area contributed by atoms with Gasteiger partial charge in [0.1, 0.15) is 11.6 Å². The zero-order valence-electron chi connectivity index (χ0n) is 18.3. The molecule has 0 unspecified atom stereocenters. The summed E-state index contributed by atoms with van der Waals surface area (Å²) < 4.78 is 8.21. The van der Waals surface area contributed by atoms with Gasteiger partial charge in [-0.05, 0) is 48.2 Å². The van der Waals surface area contributed by atoms with Gasteiger partial charge in [-0.3, -0.25) is 4.79 Å². The van der Waals surface area contributed by atoms with E-state index in [4.69, 9.17) is 21.3 Å². The Morgan fingerprint density at radius 3 is 2.71 bits per heavy atom. The summed E-state index contributed by atoms with van der Waals surface area (Å²) in [6.45, 7) is 8.97. The van der Waals surface area contributed by atoms with Crippen LogP contribution in [0.1, 0.15) is 51.9 Å². The van der Waals surface area contributed by atoms with Crippen LogP contribution in [0, 0.1) is 5.41 Å². The van der Waals surface area contributed by atoms with Crippen molar-refractivity contribution < 1.29 is 4.74 Å². The predicted octanol–water partition coefficient (Wildman–Crippen LogP) is 6.46. The highest BCUT2D eigenvalue weighted by Crippen LogP contribution is 2.24. The second-order valence-electron chi connectivity index (χ2n) is 8.69. The smallest absolute Gasteiger partial charge is 0.282 e. The lowest BCUT2D eigenvalue weighted by Gasteiger charge is -2.19. The molecule has 0 aliphatic heterocycles. The van der Waals surface area contributed by atoms with Crippen LogP contribution < -0.4 is 10.3 Å². The van der Waals surface area contributed by atoms with Crippen LogP contribution in [0.3, 0.4) is 0 Å². The first-order valence-corrected chi connectivity index (χ1v) is 11.5. The Hall–Kier alpha value is -2.18. The second-order valence-corrected chi connectivity index (χ2v) is 10.0. The van der Waals surface area contributed by atoms with Crippen molar-refractivity contribution in [2.75, 3.05) is 6.61 Å². The molecule has 0 amide bonds. The standard InChI is InChI=1S/C24H27BrClN3O2/c1-5-6-7-22-28-20-10-8-17(25)13-19(20)23(30)29(22)27-14-16-12-18(26)9-11-21(16)31-15-24(2,3)4/h8-14H,5-7,15H2,1-4H3. The number of fused-ring (bicyclic) bond motifs is 1. The van der Waals surface area contributed by atoms with Crippen molar-refractivity contribution in [1.29, 1.82) is 0 Å². The average Bonchev–Trinajstić information content (AvgIpc) is 2.71. The van der Waals surface area contributed by atoms with E-state index in [9.17, 15) is 4.79 Å². The van der Waals surface area contributed by atoms with Gasteiger partial charge >= 0.3 is 0 Å². The van der Waals surface area contributed by atoms with E-state index in [1.54, 1.807) is 24.4 Å². The van der Waals surface area contributed by atoms with Gasteiger partial charge in [0.2, 0.25) is 0 Å². The highest BCUT2D eigenvalue weighted by Gasteiger charge is 2.14. The van der Waals surface area contributed by atoms with Crippen LogP contribution in [0.25, 0.3) is 10.9 Å². The Bertz CT molecular complexity index is 1170. The fourth-order valence-corrected chi connectivity index (χ4v) is 3.52. The van der Waals surface area contributed by atoms with Crippen LogP contribution >= 0.6 is 27.5 Å². The van der Waals surface area contributed by atoms with Gasteiger partial charge in [0, 0.05) is 21.5 Å². The number of hydrogen-bond donors (Lipinski definition) is 0. The van der Waals surface area contributed by atoms with Crippen LogP contribution in [0.15, 0.2) is 50.8 Å². The Morgan fingerprint density at radius 1 is 1.23 bits per heavy atom. The monoisotopic (exact) mass is 503 g/mol. The third-order valence-electron chi connectivity index (χ3n) is 4.57. The number of unbranched alkanes of at least 4 members (excludes halogenated alkanes) is 1. The lowest BCUT2D eigenvalue weighted by molar-refractivity contribution is 0.197. The Labute approximate surface area is 196 Å². The average molecular weight is 505 g/mol. The molecule has 7 heteroatoms. The molecule has 31 heavy (non-hydrogen) atoms. The number of ether oxygens (including phenoxy) is 1. The van der Waals surface area contributed by atoms with Crippen molar-refractivity contribution in [2.24, 2.45) is 10.5 Å². The molecule has 0 spiro atoms. The largest absolute Gasteiger partial charge is 0.492 e. The van der Waals surface area contributed by atoms with Crippen molar-refractivity contribution in [2.45, 2.75) is 47.0 Å². The van der Waals surface area contributed by atoms with Crippen molar-refractivity contribution in [3.05, 3.63) is 67.6 Å². The summed E-state index contributed by atoms with van der Waals surface area (Å²) in [4.78, 5) is 17.9. The quantitative estimate of drug-likeness (QED) is 0.347. The summed E-state index contributed by atoms with van der Waals surface area (Å²) in [5, 5.41) is 5.61. The molecule has 0 aliphatic carbocycles. The predicted molar refractivity (Wildman–Crippen MR) is 132 cm³/mol. The van der Waals surface area contributed by atoms with Gasteiger partial charge in [0.05, 0.1) is 23.7 Å². The summed E-state index contributed by atoms with van der Waals surface area (Å²) in [6.07, 6.45) is 4.20. The fourth-order valence-electron chi connectivity index (χ4n) is 2.98. The second kappa shape index (κ2) is 9.96. The maximum atomic E-state index is 13.2. The number of hydrogen-bond acceptors (Lipinski definition) is 4. The van der Waals surface area contributed by atoms with Crippen LogP contribution in [0.5, 0.6) is 5.75 Å². The van der Waals surface area contributed by atoms with Crippen molar-refractivity contribution in [3.8, 4) is 5.75 Å². The van der Waals surface area contributed by atoms with Gasteiger partial charge in [-0.25, -0.2) is 4.98 Å². The number of nitrogens with zero attached hydrogens (tertiary/aromatic N) is 3. The van der Waals surface area contributed by atoms with Crippen LogP contribution in [0.4, 0.5) is 0 Å². The molecule has 3 aromatic rings. The summed E-state index contributed by atoms with van der Waals surface area (Å²) in [5.41, 5.74) is 1.18. The summed E-state index contributed by atoms with van der Waals surface area (Å²) in [7, 11) is 0. The topological polar surface area (TPSA) is 56.5 Å². The Kier molecular flexibility index (Phi) is 7.55. The van der Waals surface area contributed by atoms with Crippen LogP contribution in [-0.2, 0) is 6.42 Å². The molecule has 164 valence electrons. The molecule has 2 aromatic carbocycles. The van der Waals surface area contributed by atoms with E-state index in [1.165, 1.54) is 4.68 Å². The zero-order chi connectivity index (χ0) is 22.6. The Balaban J connectivity index is 2.07. The van der Waals surface area contributed by atoms with Gasteiger partial charge in [0.15, 0.2) is 0 Å². The SMILES string of the molecule is CCCCc1nc2ccc(Br)cc2c(=O)n1N=Cc1cc(Cl)ccc1OCC(C)(C)C. The molecule has 0 atom stereocenters. The molecule has 1 heterocycles.